The molecule has 0 aliphatic heterocycles. The van der Waals surface area contributed by atoms with E-state index in [2.05, 4.69) is 5.32 Å². The molecule has 0 radical (unpaired) electrons. The number of likely N-dealkylation sites (N-methyl/N-ethyl adjacent to an activating group) is 1. The van der Waals surface area contributed by atoms with E-state index in [1.807, 2.05) is 36.1 Å². The number of aliphatic hydroxyl groups is 1. The monoisotopic (exact) mass is 254 g/mol. The number of ether oxygens (including phenoxy) is 1. The summed E-state index contributed by atoms with van der Waals surface area (Å²) in [5.74, 6) is 0.745. The minimum Gasteiger partial charge on any atom is -0.495 e. The molecule has 4 nitrogen and oxygen atoms in total. The minimum atomic E-state index is 0.0849. The van der Waals surface area contributed by atoms with Gasteiger partial charge < -0.3 is 20.1 Å². The molecular weight excluding hydrogens is 236 g/mol. The quantitative estimate of drug-likeness (QED) is 0.783. The third-order valence-corrected chi connectivity index (χ3v) is 2.75. The average Bonchev–Trinajstić information content (AvgIpc) is 2.36. The lowest BCUT2D eigenvalue weighted by Gasteiger charge is -2.23. The first-order valence-corrected chi connectivity index (χ1v) is 5.93. The second-order valence-electron chi connectivity index (χ2n) is 3.43. The van der Waals surface area contributed by atoms with Gasteiger partial charge in [0.25, 0.3) is 0 Å². The molecule has 0 amide bonds. The van der Waals surface area contributed by atoms with Crippen molar-refractivity contribution in [2.24, 2.45) is 0 Å². The third-order valence-electron chi connectivity index (χ3n) is 2.39. The van der Waals surface area contributed by atoms with Crippen molar-refractivity contribution in [3.63, 3.8) is 0 Å². The zero-order valence-electron chi connectivity index (χ0n) is 10.1. The van der Waals surface area contributed by atoms with Crippen molar-refractivity contribution < 1.29 is 9.84 Å². The highest BCUT2D eigenvalue weighted by atomic mass is 32.1. The van der Waals surface area contributed by atoms with Crippen molar-refractivity contribution >= 4 is 23.0 Å². The fourth-order valence-corrected chi connectivity index (χ4v) is 1.80. The summed E-state index contributed by atoms with van der Waals surface area (Å²) in [6, 6.07) is 7.58. The second-order valence-corrected chi connectivity index (χ2v) is 3.82. The first-order valence-electron chi connectivity index (χ1n) is 5.52. The number of hydrogen-bond acceptors (Lipinski definition) is 3. The van der Waals surface area contributed by atoms with E-state index in [0.29, 0.717) is 11.7 Å². The van der Waals surface area contributed by atoms with Crippen molar-refractivity contribution in [2.45, 2.75) is 6.92 Å². The molecule has 0 aliphatic rings. The Morgan fingerprint density at radius 3 is 2.76 bits per heavy atom. The maximum absolute atomic E-state index is 8.93. The average molecular weight is 254 g/mol. The van der Waals surface area contributed by atoms with E-state index < -0.39 is 0 Å². The predicted octanol–water partition coefficient (Wildman–Crippen LogP) is 1.71. The van der Waals surface area contributed by atoms with Crippen LogP contribution in [0.15, 0.2) is 24.3 Å². The summed E-state index contributed by atoms with van der Waals surface area (Å²) >= 11 is 5.28. The van der Waals surface area contributed by atoms with Gasteiger partial charge in [0.2, 0.25) is 0 Å². The van der Waals surface area contributed by atoms with Crippen LogP contribution in [0.25, 0.3) is 0 Å². The van der Waals surface area contributed by atoms with Gasteiger partial charge in [-0.15, -0.1) is 0 Å². The first kappa shape index (κ1) is 13.7. The van der Waals surface area contributed by atoms with Gasteiger partial charge in [-0.3, -0.25) is 0 Å². The van der Waals surface area contributed by atoms with Crippen molar-refractivity contribution in [3.8, 4) is 5.75 Å². The van der Waals surface area contributed by atoms with Gasteiger partial charge >= 0.3 is 0 Å². The molecule has 5 heteroatoms. The number of nitrogens with one attached hydrogen (secondary N) is 1. The largest absolute Gasteiger partial charge is 0.495 e. The van der Waals surface area contributed by atoms with E-state index in [1.165, 1.54) is 0 Å². The Morgan fingerprint density at radius 2 is 2.18 bits per heavy atom. The van der Waals surface area contributed by atoms with Crippen LogP contribution in [-0.4, -0.2) is 41.9 Å². The number of anilines is 1. The molecule has 0 spiro atoms. The molecule has 0 bridgehead atoms. The van der Waals surface area contributed by atoms with Crippen molar-refractivity contribution in [1.29, 1.82) is 0 Å². The van der Waals surface area contributed by atoms with E-state index in [0.717, 1.165) is 18.0 Å². The zero-order chi connectivity index (χ0) is 12.7. The molecule has 2 N–H and O–H groups in total. The summed E-state index contributed by atoms with van der Waals surface area (Å²) in [4.78, 5) is 1.89. The molecule has 0 atom stereocenters. The second kappa shape index (κ2) is 7.09. The van der Waals surface area contributed by atoms with Gasteiger partial charge in [0.05, 0.1) is 19.4 Å². The lowest BCUT2D eigenvalue weighted by molar-refractivity contribution is 0.254. The molecule has 0 aliphatic carbocycles. The van der Waals surface area contributed by atoms with Gasteiger partial charge in [0, 0.05) is 13.1 Å². The fourth-order valence-electron chi connectivity index (χ4n) is 1.47. The van der Waals surface area contributed by atoms with Crippen LogP contribution in [0.5, 0.6) is 5.75 Å². The minimum absolute atomic E-state index is 0.0849. The van der Waals surface area contributed by atoms with Gasteiger partial charge in [-0.25, -0.2) is 0 Å². The summed E-state index contributed by atoms with van der Waals surface area (Å²) in [6.45, 7) is 3.35. The van der Waals surface area contributed by atoms with E-state index in [1.54, 1.807) is 7.11 Å². The van der Waals surface area contributed by atoms with Crippen LogP contribution < -0.4 is 10.1 Å². The summed E-state index contributed by atoms with van der Waals surface area (Å²) < 4.78 is 5.23. The smallest absolute Gasteiger partial charge is 0.173 e. The summed E-state index contributed by atoms with van der Waals surface area (Å²) in [5, 5.41) is 12.6. The molecule has 94 valence electrons. The summed E-state index contributed by atoms with van der Waals surface area (Å²) in [7, 11) is 1.62. The lowest BCUT2D eigenvalue weighted by atomic mass is 10.3. The Balaban J connectivity index is 2.72. The number of nitrogens with zero attached hydrogens (tertiary/aromatic N) is 1. The van der Waals surface area contributed by atoms with Crippen LogP contribution in [0.3, 0.4) is 0 Å². The Bertz CT molecular complexity index is 371. The zero-order valence-corrected chi connectivity index (χ0v) is 11.0. The lowest BCUT2D eigenvalue weighted by Crippen LogP contribution is -2.36. The van der Waals surface area contributed by atoms with Gasteiger partial charge in [-0.05, 0) is 31.3 Å². The molecule has 0 saturated carbocycles. The predicted molar refractivity (Wildman–Crippen MR) is 73.5 cm³/mol. The Morgan fingerprint density at radius 1 is 1.47 bits per heavy atom. The van der Waals surface area contributed by atoms with Gasteiger partial charge in [-0.2, -0.15) is 0 Å². The van der Waals surface area contributed by atoms with Crippen LogP contribution in [0.2, 0.25) is 0 Å². The van der Waals surface area contributed by atoms with Crippen molar-refractivity contribution in [1.82, 2.24) is 4.90 Å². The molecule has 1 aromatic carbocycles. The Kier molecular flexibility index (Phi) is 5.72. The molecule has 1 rings (SSSR count). The van der Waals surface area contributed by atoms with Crippen LogP contribution in [0, 0.1) is 0 Å². The van der Waals surface area contributed by atoms with Crippen LogP contribution >= 0.6 is 12.2 Å². The van der Waals surface area contributed by atoms with Crippen LogP contribution in [-0.2, 0) is 0 Å². The first-order chi connectivity index (χ1) is 8.22. The van der Waals surface area contributed by atoms with Gasteiger partial charge in [0.1, 0.15) is 5.75 Å². The van der Waals surface area contributed by atoms with E-state index in [9.17, 15) is 0 Å². The van der Waals surface area contributed by atoms with E-state index >= 15 is 0 Å². The number of rotatable bonds is 5. The highest BCUT2D eigenvalue weighted by Gasteiger charge is 2.09. The molecule has 0 unspecified atom stereocenters. The Labute approximate surface area is 107 Å². The maximum atomic E-state index is 8.93. The normalized spacial score (nSPS) is 9.82. The van der Waals surface area contributed by atoms with E-state index in [-0.39, 0.29) is 6.61 Å². The molecule has 1 aromatic rings. The number of benzene rings is 1. The highest BCUT2D eigenvalue weighted by molar-refractivity contribution is 7.80. The van der Waals surface area contributed by atoms with E-state index in [4.69, 9.17) is 22.1 Å². The van der Waals surface area contributed by atoms with Gasteiger partial charge in [-0.1, -0.05) is 12.1 Å². The number of methoxy groups -OCH3 is 1. The van der Waals surface area contributed by atoms with Gasteiger partial charge in [0.15, 0.2) is 5.11 Å². The molecule has 0 heterocycles. The summed E-state index contributed by atoms with van der Waals surface area (Å²) in [5.41, 5.74) is 0.830. The number of aliphatic hydroxyl groups excluding tert-OH is 1. The standard InChI is InChI=1S/C12H18N2O2S/c1-3-14(8-9-15)12(17)13-10-6-4-5-7-11(10)16-2/h4-7,15H,3,8-9H2,1-2H3,(H,13,17). The molecule has 17 heavy (non-hydrogen) atoms. The van der Waals surface area contributed by atoms with Crippen molar-refractivity contribution in [3.05, 3.63) is 24.3 Å². The third kappa shape index (κ3) is 3.87. The maximum Gasteiger partial charge on any atom is 0.173 e. The fraction of sp³-hybridized carbons (Fsp3) is 0.417. The number of hydrogen-bond donors (Lipinski definition) is 2. The van der Waals surface area contributed by atoms with Crippen LogP contribution in [0.1, 0.15) is 6.92 Å². The Hall–Kier alpha value is -1.33. The summed E-state index contributed by atoms with van der Waals surface area (Å²) in [6.07, 6.45) is 0. The molecule has 0 saturated heterocycles. The number of para-hydroxylation sites is 2. The molecule has 0 fully saturated rings. The SMILES string of the molecule is CCN(CCO)C(=S)Nc1ccccc1OC. The van der Waals surface area contributed by atoms with Crippen LogP contribution in [0.4, 0.5) is 5.69 Å². The van der Waals surface area contributed by atoms with Crippen molar-refractivity contribution in [2.75, 3.05) is 32.1 Å². The molecular formula is C12H18N2O2S. The topological polar surface area (TPSA) is 44.7 Å². The highest BCUT2D eigenvalue weighted by Crippen LogP contribution is 2.23. The number of thiocarbonyl (C=S) groups is 1. The molecule has 0 aromatic heterocycles.